The van der Waals surface area contributed by atoms with Gasteiger partial charge in [-0.25, -0.2) is 0 Å². The highest BCUT2D eigenvalue weighted by Crippen LogP contribution is 2.34. The van der Waals surface area contributed by atoms with E-state index in [1.807, 2.05) is 71.7 Å². The zero-order valence-electron chi connectivity index (χ0n) is 20.7. The van der Waals surface area contributed by atoms with Crippen LogP contribution in [0.15, 0.2) is 79.1 Å². The first-order valence-electron chi connectivity index (χ1n) is 11.8. The molecule has 0 bridgehead atoms. The molecule has 0 saturated carbocycles. The molecule has 0 radical (unpaired) electrons. The molecule has 8 heteroatoms. The molecule has 188 valence electrons. The fraction of sp³-hybridized carbons (Fsp3) is 0.207. The molecule has 0 saturated heterocycles. The van der Waals surface area contributed by atoms with Crippen molar-refractivity contribution in [1.29, 1.82) is 5.26 Å². The maximum atomic E-state index is 11.5. The van der Waals surface area contributed by atoms with E-state index in [0.29, 0.717) is 18.7 Å². The number of hydrogen-bond donors (Lipinski definition) is 2. The van der Waals surface area contributed by atoms with Crippen LogP contribution in [0.2, 0.25) is 0 Å². The fourth-order valence-corrected chi connectivity index (χ4v) is 4.15. The molecule has 8 nitrogen and oxygen atoms in total. The fourth-order valence-electron chi connectivity index (χ4n) is 4.15. The minimum absolute atomic E-state index is 0.0384. The number of carbonyl (C=O) groups is 1. The van der Waals surface area contributed by atoms with E-state index < -0.39 is 5.97 Å². The number of nitriles is 1. The lowest BCUT2D eigenvalue weighted by atomic mass is 9.93. The molecule has 4 aromatic rings. The van der Waals surface area contributed by atoms with Gasteiger partial charge in [0.1, 0.15) is 5.75 Å². The van der Waals surface area contributed by atoms with Gasteiger partial charge in [0.25, 0.3) is 0 Å². The smallest absolute Gasteiger partial charge is 0.304 e. The van der Waals surface area contributed by atoms with Gasteiger partial charge in [0.05, 0.1) is 44.5 Å². The summed E-state index contributed by atoms with van der Waals surface area (Å²) in [7, 11) is 3.21. The Morgan fingerprint density at radius 3 is 2.51 bits per heavy atom. The van der Waals surface area contributed by atoms with Gasteiger partial charge in [-0.15, -0.1) is 0 Å². The zero-order valence-corrected chi connectivity index (χ0v) is 20.7. The highest BCUT2D eigenvalue weighted by atomic mass is 16.5. The zero-order chi connectivity index (χ0) is 26.2. The average Bonchev–Trinajstić information content (AvgIpc) is 3.37. The van der Waals surface area contributed by atoms with Crippen molar-refractivity contribution < 1.29 is 19.4 Å². The third-order valence-corrected chi connectivity index (χ3v) is 6.04. The summed E-state index contributed by atoms with van der Waals surface area (Å²) in [5.41, 5.74) is 5.97. The number of ether oxygens (including phenoxy) is 2. The lowest BCUT2D eigenvalue weighted by Crippen LogP contribution is -2.12. The number of carboxylic acid groups (broad SMARTS) is 1. The second-order valence-electron chi connectivity index (χ2n) is 8.64. The van der Waals surface area contributed by atoms with Gasteiger partial charge in [-0.2, -0.15) is 10.4 Å². The lowest BCUT2D eigenvalue weighted by Gasteiger charge is -2.18. The Hall–Kier alpha value is -4.61. The van der Waals surface area contributed by atoms with E-state index in [9.17, 15) is 9.90 Å². The molecule has 1 heterocycles. The number of hydrogen-bond acceptors (Lipinski definition) is 6. The maximum absolute atomic E-state index is 11.5. The van der Waals surface area contributed by atoms with Crippen LogP contribution < -0.4 is 10.1 Å². The van der Waals surface area contributed by atoms with Gasteiger partial charge in [0.15, 0.2) is 0 Å². The van der Waals surface area contributed by atoms with Gasteiger partial charge >= 0.3 is 5.97 Å². The number of anilines is 2. The molecule has 1 atom stereocenters. The summed E-state index contributed by atoms with van der Waals surface area (Å²) in [5.74, 6) is -0.374. The Bertz CT molecular complexity index is 1390. The summed E-state index contributed by atoms with van der Waals surface area (Å²) in [5, 5.41) is 26.5. The summed E-state index contributed by atoms with van der Waals surface area (Å²) >= 11 is 0. The highest BCUT2D eigenvalue weighted by Gasteiger charge is 2.18. The molecule has 0 aliphatic heterocycles. The largest absolute Gasteiger partial charge is 0.497 e. The SMILES string of the molecule is COC[C@@H](CC(=O)O)c1ccc(-c2cnn(Cc3ccc(OC)cc3)c2)c(Nc2ccc(C#N)cc2)c1. The van der Waals surface area contributed by atoms with Crippen LogP contribution in [0.4, 0.5) is 11.4 Å². The van der Waals surface area contributed by atoms with E-state index in [0.717, 1.165) is 39.4 Å². The van der Waals surface area contributed by atoms with Crippen molar-refractivity contribution in [3.05, 3.63) is 95.8 Å². The lowest BCUT2D eigenvalue weighted by molar-refractivity contribution is -0.137. The van der Waals surface area contributed by atoms with E-state index in [1.54, 1.807) is 26.4 Å². The molecule has 0 amide bonds. The normalized spacial score (nSPS) is 11.5. The molecule has 0 aliphatic carbocycles. The van der Waals surface area contributed by atoms with Crippen molar-refractivity contribution in [3.63, 3.8) is 0 Å². The van der Waals surface area contributed by atoms with E-state index in [1.165, 1.54) is 0 Å². The molecule has 37 heavy (non-hydrogen) atoms. The van der Waals surface area contributed by atoms with Gasteiger partial charge in [-0.05, 0) is 53.6 Å². The molecule has 1 aromatic heterocycles. The second kappa shape index (κ2) is 11.9. The van der Waals surface area contributed by atoms with Crippen LogP contribution in [-0.4, -0.2) is 41.7 Å². The maximum Gasteiger partial charge on any atom is 0.304 e. The van der Waals surface area contributed by atoms with Gasteiger partial charge in [0, 0.05) is 41.7 Å². The van der Waals surface area contributed by atoms with Crippen LogP contribution in [0.1, 0.15) is 29.0 Å². The average molecular weight is 497 g/mol. The van der Waals surface area contributed by atoms with E-state index in [4.69, 9.17) is 14.7 Å². The van der Waals surface area contributed by atoms with E-state index in [-0.39, 0.29) is 12.3 Å². The summed E-state index contributed by atoms with van der Waals surface area (Å²) in [6, 6.07) is 23.0. The molecule has 0 spiro atoms. The number of nitrogens with zero attached hydrogens (tertiary/aromatic N) is 3. The van der Waals surface area contributed by atoms with Crippen molar-refractivity contribution >= 4 is 17.3 Å². The van der Waals surface area contributed by atoms with Crippen molar-refractivity contribution in [2.24, 2.45) is 0 Å². The molecule has 2 N–H and O–H groups in total. The number of aromatic nitrogens is 2. The standard InChI is InChI=1S/C29H28N4O4/c1-36-19-23(14-29(34)35)22-7-12-27(28(13-22)32-25-8-3-20(15-30)4-9-25)24-16-31-33(18-24)17-21-5-10-26(37-2)11-6-21/h3-13,16,18,23,32H,14,17,19H2,1-2H3,(H,34,35)/t23-/m1/s1. The first-order valence-corrected chi connectivity index (χ1v) is 11.8. The van der Waals surface area contributed by atoms with Gasteiger partial charge < -0.3 is 19.9 Å². The number of carboxylic acids is 1. The van der Waals surface area contributed by atoms with Crippen LogP contribution in [0.3, 0.4) is 0 Å². The molecule has 3 aromatic carbocycles. The summed E-state index contributed by atoms with van der Waals surface area (Å²) in [4.78, 5) is 11.5. The number of methoxy groups -OCH3 is 2. The first kappa shape index (κ1) is 25.5. The molecule has 0 unspecified atom stereocenters. The van der Waals surface area contributed by atoms with Crippen molar-refractivity contribution in [2.75, 3.05) is 26.1 Å². The van der Waals surface area contributed by atoms with Crippen molar-refractivity contribution in [2.45, 2.75) is 18.9 Å². The Kier molecular flexibility index (Phi) is 8.18. The van der Waals surface area contributed by atoms with Crippen molar-refractivity contribution in [1.82, 2.24) is 9.78 Å². The molecule has 0 fully saturated rings. The monoisotopic (exact) mass is 496 g/mol. The third-order valence-electron chi connectivity index (χ3n) is 6.04. The number of aliphatic carboxylic acids is 1. The van der Waals surface area contributed by atoms with Crippen LogP contribution in [0, 0.1) is 11.3 Å². The summed E-state index contributed by atoms with van der Waals surface area (Å²) in [6.07, 6.45) is 3.75. The third kappa shape index (κ3) is 6.54. The number of rotatable bonds is 11. The summed E-state index contributed by atoms with van der Waals surface area (Å²) in [6.45, 7) is 0.900. The van der Waals surface area contributed by atoms with Gasteiger partial charge in [-0.1, -0.05) is 24.3 Å². The van der Waals surface area contributed by atoms with Gasteiger partial charge in [-0.3, -0.25) is 9.48 Å². The number of nitrogens with one attached hydrogen (secondary N) is 1. The minimum atomic E-state index is -0.882. The van der Waals surface area contributed by atoms with Crippen LogP contribution in [0.5, 0.6) is 5.75 Å². The topological polar surface area (TPSA) is 109 Å². The Morgan fingerprint density at radius 2 is 1.86 bits per heavy atom. The van der Waals surface area contributed by atoms with Gasteiger partial charge in [0.2, 0.25) is 0 Å². The quantitative estimate of drug-likeness (QED) is 0.285. The van der Waals surface area contributed by atoms with Crippen LogP contribution in [-0.2, 0) is 16.1 Å². The minimum Gasteiger partial charge on any atom is -0.497 e. The first-order chi connectivity index (χ1) is 18.0. The highest BCUT2D eigenvalue weighted by molar-refractivity contribution is 5.81. The molecule has 0 aliphatic rings. The molecule has 4 rings (SSSR count). The molecular weight excluding hydrogens is 468 g/mol. The Morgan fingerprint density at radius 1 is 1.11 bits per heavy atom. The summed E-state index contributed by atoms with van der Waals surface area (Å²) < 4.78 is 12.4. The predicted molar refractivity (Wildman–Crippen MR) is 141 cm³/mol. The predicted octanol–water partition coefficient (Wildman–Crippen LogP) is 5.43. The van der Waals surface area contributed by atoms with Crippen LogP contribution in [0.25, 0.3) is 11.1 Å². The van der Waals surface area contributed by atoms with E-state index >= 15 is 0 Å². The Labute approximate surface area is 215 Å². The van der Waals surface area contributed by atoms with E-state index in [2.05, 4.69) is 16.5 Å². The van der Waals surface area contributed by atoms with Crippen molar-refractivity contribution in [3.8, 4) is 22.9 Å². The van der Waals surface area contributed by atoms with Crippen LogP contribution >= 0.6 is 0 Å². The Balaban J connectivity index is 1.67. The number of benzene rings is 3. The second-order valence-corrected chi connectivity index (χ2v) is 8.64. The molecular formula is C29H28N4O4.